The molecular weight excluding hydrogens is 282 g/mol. The molecule has 17 heavy (non-hydrogen) atoms. The molecule has 0 radical (unpaired) electrons. The highest BCUT2D eigenvalue weighted by Crippen LogP contribution is 2.36. The number of carbonyl (C=O) groups is 1. The van der Waals surface area contributed by atoms with Crippen molar-refractivity contribution in [3.05, 3.63) is 28.2 Å². The van der Waals surface area contributed by atoms with Crippen LogP contribution in [-0.4, -0.2) is 13.0 Å². The van der Waals surface area contributed by atoms with E-state index in [1.54, 1.807) is 7.11 Å². The summed E-state index contributed by atoms with van der Waals surface area (Å²) in [5.74, 6) is 0.921. The van der Waals surface area contributed by atoms with Crippen molar-refractivity contribution < 1.29 is 9.53 Å². The molecule has 0 saturated heterocycles. The Labute approximate surface area is 110 Å². The summed E-state index contributed by atoms with van der Waals surface area (Å²) in [7, 11) is 1.63. The maximum absolute atomic E-state index is 11.1. The maximum atomic E-state index is 11.1. The fraction of sp³-hybridized carbons (Fsp3) is 0.462. The molecule has 0 aliphatic heterocycles. The van der Waals surface area contributed by atoms with E-state index >= 15 is 0 Å². The topological polar surface area (TPSA) is 52.3 Å². The minimum atomic E-state index is -0.286. The number of nitrogens with two attached hydrogens (primary N) is 1. The SMILES string of the molecule is COc1ccc(Br)cc1C(CC(N)=O)C(C)C. The van der Waals surface area contributed by atoms with Crippen molar-refractivity contribution in [3.8, 4) is 5.75 Å². The first-order valence-corrected chi connectivity index (χ1v) is 6.36. The second kappa shape index (κ2) is 6.05. The lowest BCUT2D eigenvalue weighted by molar-refractivity contribution is -0.118. The van der Waals surface area contributed by atoms with E-state index in [1.807, 2.05) is 18.2 Å². The summed E-state index contributed by atoms with van der Waals surface area (Å²) in [5.41, 5.74) is 6.33. The molecule has 0 aliphatic rings. The first-order chi connectivity index (χ1) is 7.95. The van der Waals surface area contributed by atoms with Crippen LogP contribution in [-0.2, 0) is 4.79 Å². The number of hydrogen-bond acceptors (Lipinski definition) is 2. The molecule has 94 valence electrons. The second-order valence-electron chi connectivity index (χ2n) is 4.41. The van der Waals surface area contributed by atoms with E-state index in [9.17, 15) is 4.79 Å². The van der Waals surface area contributed by atoms with E-state index in [2.05, 4.69) is 29.8 Å². The van der Waals surface area contributed by atoms with Gasteiger partial charge in [-0.2, -0.15) is 0 Å². The normalized spacial score (nSPS) is 12.5. The van der Waals surface area contributed by atoms with E-state index in [0.717, 1.165) is 15.8 Å². The molecule has 0 aliphatic carbocycles. The Morgan fingerprint density at radius 3 is 2.59 bits per heavy atom. The van der Waals surface area contributed by atoms with E-state index in [0.29, 0.717) is 12.3 Å². The number of hydrogen-bond donors (Lipinski definition) is 1. The van der Waals surface area contributed by atoms with Crippen LogP contribution in [0.2, 0.25) is 0 Å². The molecule has 1 unspecified atom stereocenters. The van der Waals surface area contributed by atoms with Crippen LogP contribution in [0.4, 0.5) is 0 Å². The molecule has 0 aromatic heterocycles. The van der Waals surface area contributed by atoms with Gasteiger partial charge in [0, 0.05) is 10.9 Å². The molecule has 1 aromatic rings. The van der Waals surface area contributed by atoms with Gasteiger partial charge in [-0.25, -0.2) is 0 Å². The average molecular weight is 300 g/mol. The minimum Gasteiger partial charge on any atom is -0.496 e. The van der Waals surface area contributed by atoms with Gasteiger partial charge in [-0.05, 0) is 35.6 Å². The average Bonchev–Trinajstić information content (AvgIpc) is 2.25. The number of primary amides is 1. The van der Waals surface area contributed by atoms with Gasteiger partial charge in [-0.3, -0.25) is 4.79 Å². The van der Waals surface area contributed by atoms with Crippen LogP contribution in [0.3, 0.4) is 0 Å². The van der Waals surface area contributed by atoms with Gasteiger partial charge in [0.25, 0.3) is 0 Å². The molecular formula is C13H18BrNO2. The smallest absolute Gasteiger partial charge is 0.218 e. The highest BCUT2D eigenvalue weighted by atomic mass is 79.9. The molecule has 3 nitrogen and oxygen atoms in total. The molecule has 0 heterocycles. The zero-order chi connectivity index (χ0) is 13.0. The van der Waals surface area contributed by atoms with E-state index in [1.165, 1.54) is 0 Å². The van der Waals surface area contributed by atoms with Crippen LogP contribution in [0.5, 0.6) is 5.75 Å². The third kappa shape index (κ3) is 3.73. The quantitative estimate of drug-likeness (QED) is 0.908. The minimum absolute atomic E-state index is 0.0833. The van der Waals surface area contributed by atoms with Crippen molar-refractivity contribution >= 4 is 21.8 Å². The Bertz CT molecular complexity index is 404. The van der Waals surface area contributed by atoms with Gasteiger partial charge in [0.15, 0.2) is 0 Å². The number of rotatable bonds is 5. The third-order valence-corrected chi connectivity index (χ3v) is 3.31. The predicted molar refractivity (Wildman–Crippen MR) is 72.1 cm³/mol. The molecule has 1 aromatic carbocycles. The summed E-state index contributed by atoms with van der Waals surface area (Å²) < 4.78 is 6.32. The van der Waals surface area contributed by atoms with E-state index in [-0.39, 0.29) is 11.8 Å². The molecule has 0 fully saturated rings. The third-order valence-electron chi connectivity index (χ3n) is 2.82. The Morgan fingerprint density at radius 2 is 2.12 bits per heavy atom. The monoisotopic (exact) mass is 299 g/mol. The Morgan fingerprint density at radius 1 is 1.47 bits per heavy atom. The van der Waals surface area contributed by atoms with Crippen molar-refractivity contribution in [2.75, 3.05) is 7.11 Å². The highest BCUT2D eigenvalue weighted by Gasteiger charge is 2.22. The first kappa shape index (κ1) is 14.0. The van der Waals surface area contributed by atoms with Crippen LogP contribution in [0.25, 0.3) is 0 Å². The van der Waals surface area contributed by atoms with Gasteiger partial charge in [0.1, 0.15) is 5.75 Å². The molecule has 4 heteroatoms. The van der Waals surface area contributed by atoms with Gasteiger partial charge in [-0.1, -0.05) is 29.8 Å². The highest BCUT2D eigenvalue weighted by molar-refractivity contribution is 9.10. The summed E-state index contributed by atoms with van der Waals surface area (Å²) in [6, 6.07) is 5.81. The molecule has 0 bridgehead atoms. The van der Waals surface area contributed by atoms with Crippen LogP contribution in [0, 0.1) is 5.92 Å². The first-order valence-electron chi connectivity index (χ1n) is 5.57. The number of methoxy groups -OCH3 is 1. The lowest BCUT2D eigenvalue weighted by Gasteiger charge is -2.22. The van der Waals surface area contributed by atoms with E-state index < -0.39 is 0 Å². The van der Waals surface area contributed by atoms with Crippen LogP contribution in [0.1, 0.15) is 31.7 Å². The zero-order valence-corrected chi connectivity index (χ0v) is 12.0. The fourth-order valence-electron chi connectivity index (χ4n) is 1.92. The van der Waals surface area contributed by atoms with Crippen molar-refractivity contribution in [1.29, 1.82) is 0 Å². The lowest BCUT2D eigenvalue weighted by Crippen LogP contribution is -2.19. The molecule has 0 saturated carbocycles. The van der Waals surface area contributed by atoms with Crippen molar-refractivity contribution in [2.24, 2.45) is 11.7 Å². The molecule has 1 atom stereocenters. The number of amides is 1. The van der Waals surface area contributed by atoms with Crippen molar-refractivity contribution in [2.45, 2.75) is 26.2 Å². The summed E-state index contributed by atoms with van der Waals surface area (Å²) in [6.07, 6.45) is 0.338. The zero-order valence-electron chi connectivity index (χ0n) is 10.4. The predicted octanol–water partition coefficient (Wildman–Crippen LogP) is 3.07. The van der Waals surface area contributed by atoms with Crippen LogP contribution < -0.4 is 10.5 Å². The molecule has 0 spiro atoms. The summed E-state index contributed by atoms with van der Waals surface area (Å²) in [5, 5.41) is 0. The summed E-state index contributed by atoms with van der Waals surface area (Å²) in [4.78, 5) is 11.1. The van der Waals surface area contributed by atoms with Gasteiger partial charge >= 0.3 is 0 Å². The van der Waals surface area contributed by atoms with Crippen molar-refractivity contribution in [1.82, 2.24) is 0 Å². The standard InChI is InChI=1S/C13H18BrNO2/c1-8(2)10(7-13(15)16)11-6-9(14)4-5-12(11)17-3/h4-6,8,10H,7H2,1-3H3,(H2,15,16). The molecule has 1 amide bonds. The number of halogens is 1. The largest absolute Gasteiger partial charge is 0.496 e. The van der Waals surface area contributed by atoms with Gasteiger partial charge < -0.3 is 10.5 Å². The molecule has 2 N–H and O–H groups in total. The van der Waals surface area contributed by atoms with Crippen LogP contribution >= 0.6 is 15.9 Å². The number of benzene rings is 1. The lowest BCUT2D eigenvalue weighted by atomic mass is 9.85. The Balaban J connectivity index is 3.16. The number of carbonyl (C=O) groups excluding carboxylic acids is 1. The van der Waals surface area contributed by atoms with Gasteiger partial charge in [0.05, 0.1) is 7.11 Å². The molecule has 1 rings (SSSR count). The number of ether oxygens (including phenoxy) is 1. The second-order valence-corrected chi connectivity index (χ2v) is 5.32. The summed E-state index contributed by atoms with van der Waals surface area (Å²) in [6.45, 7) is 4.15. The van der Waals surface area contributed by atoms with Gasteiger partial charge in [0.2, 0.25) is 5.91 Å². The fourth-order valence-corrected chi connectivity index (χ4v) is 2.30. The Hall–Kier alpha value is -1.03. The van der Waals surface area contributed by atoms with Crippen LogP contribution in [0.15, 0.2) is 22.7 Å². The Kier molecular flexibility index (Phi) is 5.00. The van der Waals surface area contributed by atoms with E-state index in [4.69, 9.17) is 10.5 Å². The summed E-state index contributed by atoms with van der Waals surface area (Å²) >= 11 is 3.44. The maximum Gasteiger partial charge on any atom is 0.218 e. The van der Waals surface area contributed by atoms with Gasteiger partial charge in [-0.15, -0.1) is 0 Å². The van der Waals surface area contributed by atoms with Crippen molar-refractivity contribution in [3.63, 3.8) is 0 Å².